The molecule has 0 spiro atoms. The summed E-state index contributed by atoms with van der Waals surface area (Å²) in [5.74, 6) is -0.0242. The SMILES string of the molecule is CCC(Sc1nc(C)cc(C)n1)C(=O)Nc1ccc2c(c1)c1ccccc1n2CC. The Balaban J connectivity index is 1.61. The van der Waals surface area contributed by atoms with E-state index in [9.17, 15) is 4.79 Å². The van der Waals surface area contributed by atoms with Crippen LogP contribution in [0.1, 0.15) is 31.7 Å². The molecule has 2 aromatic heterocycles. The van der Waals surface area contributed by atoms with Crippen molar-refractivity contribution in [3.8, 4) is 0 Å². The van der Waals surface area contributed by atoms with Gasteiger partial charge in [-0.1, -0.05) is 36.9 Å². The Morgan fingerprint density at radius 1 is 1.00 bits per heavy atom. The van der Waals surface area contributed by atoms with E-state index in [1.807, 2.05) is 32.9 Å². The number of fused-ring (bicyclic) bond motifs is 3. The number of hydrogen-bond acceptors (Lipinski definition) is 4. The lowest BCUT2D eigenvalue weighted by molar-refractivity contribution is -0.115. The zero-order valence-corrected chi connectivity index (χ0v) is 18.6. The van der Waals surface area contributed by atoms with Crippen LogP contribution in [0, 0.1) is 13.8 Å². The number of hydrogen-bond donors (Lipinski definition) is 1. The van der Waals surface area contributed by atoms with Crippen molar-refractivity contribution < 1.29 is 4.79 Å². The zero-order chi connectivity index (χ0) is 21.3. The zero-order valence-electron chi connectivity index (χ0n) is 17.8. The maximum atomic E-state index is 13.0. The topological polar surface area (TPSA) is 59.8 Å². The van der Waals surface area contributed by atoms with Gasteiger partial charge >= 0.3 is 0 Å². The lowest BCUT2D eigenvalue weighted by Crippen LogP contribution is -2.24. The first kappa shape index (κ1) is 20.4. The van der Waals surface area contributed by atoms with Crippen LogP contribution in [0.15, 0.2) is 53.7 Å². The normalized spacial score (nSPS) is 12.4. The summed E-state index contributed by atoms with van der Waals surface area (Å²) in [5.41, 5.74) is 5.04. The Bertz CT molecular complexity index is 1210. The molecular formula is C24H26N4OS. The number of thioether (sulfide) groups is 1. The lowest BCUT2D eigenvalue weighted by atomic mass is 10.1. The molecule has 0 aliphatic heterocycles. The van der Waals surface area contributed by atoms with Gasteiger partial charge in [-0.3, -0.25) is 4.79 Å². The molecule has 4 aromatic rings. The molecule has 0 aliphatic rings. The lowest BCUT2D eigenvalue weighted by Gasteiger charge is -2.14. The summed E-state index contributed by atoms with van der Waals surface area (Å²) in [6.45, 7) is 8.96. The smallest absolute Gasteiger partial charge is 0.237 e. The van der Waals surface area contributed by atoms with Crippen molar-refractivity contribution in [1.29, 1.82) is 0 Å². The summed E-state index contributed by atoms with van der Waals surface area (Å²) in [6, 6.07) is 16.5. The fourth-order valence-electron chi connectivity index (χ4n) is 3.89. The van der Waals surface area contributed by atoms with Gasteiger partial charge in [0.2, 0.25) is 5.91 Å². The Hall–Kier alpha value is -2.86. The van der Waals surface area contributed by atoms with Gasteiger partial charge < -0.3 is 9.88 Å². The quantitative estimate of drug-likeness (QED) is 0.321. The van der Waals surface area contributed by atoms with E-state index in [4.69, 9.17) is 0 Å². The molecule has 1 atom stereocenters. The maximum Gasteiger partial charge on any atom is 0.237 e. The highest BCUT2D eigenvalue weighted by molar-refractivity contribution is 8.00. The van der Waals surface area contributed by atoms with Crippen LogP contribution < -0.4 is 5.32 Å². The number of para-hydroxylation sites is 1. The summed E-state index contributed by atoms with van der Waals surface area (Å²) in [6.07, 6.45) is 0.699. The molecule has 2 aromatic carbocycles. The highest BCUT2D eigenvalue weighted by Gasteiger charge is 2.20. The van der Waals surface area contributed by atoms with E-state index < -0.39 is 0 Å². The van der Waals surface area contributed by atoms with Gasteiger partial charge in [-0.05, 0) is 57.5 Å². The first-order chi connectivity index (χ1) is 14.5. The summed E-state index contributed by atoms with van der Waals surface area (Å²) < 4.78 is 2.30. The number of aromatic nitrogens is 3. The molecule has 4 rings (SSSR count). The van der Waals surface area contributed by atoms with Gasteiger partial charge in [-0.25, -0.2) is 9.97 Å². The summed E-state index contributed by atoms with van der Waals surface area (Å²) in [4.78, 5) is 21.9. The van der Waals surface area contributed by atoms with Gasteiger partial charge in [-0.15, -0.1) is 0 Å². The number of benzene rings is 2. The molecule has 1 unspecified atom stereocenters. The molecule has 0 saturated carbocycles. The Morgan fingerprint density at radius 3 is 2.40 bits per heavy atom. The van der Waals surface area contributed by atoms with Gasteiger partial charge in [0.25, 0.3) is 0 Å². The molecule has 0 aliphatic carbocycles. The minimum Gasteiger partial charge on any atom is -0.341 e. The van der Waals surface area contributed by atoms with Crippen molar-refractivity contribution in [2.75, 3.05) is 5.32 Å². The van der Waals surface area contributed by atoms with Crippen LogP contribution in [-0.4, -0.2) is 25.7 Å². The molecule has 5 nitrogen and oxygen atoms in total. The molecule has 30 heavy (non-hydrogen) atoms. The number of nitrogens with zero attached hydrogens (tertiary/aromatic N) is 3. The molecule has 1 N–H and O–H groups in total. The van der Waals surface area contributed by atoms with Crippen molar-refractivity contribution in [3.05, 3.63) is 59.9 Å². The average molecular weight is 419 g/mol. The third-order valence-electron chi connectivity index (χ3n) is 5.23. The van der Waals surface area contributed by atoms with Crippen LogP contribution in [0.5, 0.6) is 0 Å². The van der Waals surface area contributed by atoms with Crippen molar-refractivity contribution in [1.82, 2.24) is 14.5 Å². The predicted molar refractivity (Wildman–Crippen MR) is 125 cm³/mol. The summed E-state index contributed by atoms with van der Waals surface area (Å²) in [5, 5.41) is 5.86. The first-order valence-corrected chi connectivity index (χ1v) is 11.2. The highest BCUT2D eigenvalue weighted by atomic mass is 32.2. The molecule has 0 bridgehead atoms. The van der Waals surface area contributed by atoms with Crippen LogP contribution in [0.25, 0.3) is 21.8 Å². The molecule has 154 valence electrons. The van der Waals surface area contributed by atoms with Crippen LogP contribution in [0.4, 0.5) is 5.69 Å². The molecule has 2 heterocycles. The second-order valence-corrected chi connectivity index (χ2v) is 8.60. The standard InChI is InChI=1S/C24H26N4OS/c1-5-22(30-24-25-15(3)13-16(4)26-24)23(29)27-17-11-12-21-19(14-17)18-9-7-8-10-20(18)28(21)6-2/h7-14,22H,5-6H2,1-4H3,(H,27,29). The van der Waals surface area contributed by atoms with E-state index in [1.165, 1.54) is 28.2 Å². The number of amides is 1. The number of carbonyl (C=O) groups excluding carboxylic acids is 1. The summed E-state index contributed by atoms with van der Waals surface area (Å²) in [7, 11) is 0. The number of anilines is 1. The van der Waals surface area contributed by atoms with Gasteiger partial charge in [-0.2, -0.15) is 0 Å². The van der Waals surface area contributed by atoms with Crippen LogP contribution in [0.2, 0.25) is 0 Å². The Kier molecular flexibility index (Phi) is 5.77. The number of carbonyl (C=O) groups is 1. The van der Waals surface area contributed by atoms with Crippen molar-refractivity contribution in [3.63, 3.8) is 0 Å². The second kappa shape index (κ2) is 8.48. The third kappa shape index (κ3) is 3.92. The first-order valence-electron chi connectivity index (χ1n) is 10.3. The van der Waals surface area contributed by atoms with E-state index in [0.29, 0.717) is 11.6 Å². The van der Waals surface area contributed by atoms with E-state index in [2.05, 4.69) is 63.2 Å². The largest absolute Gasteiger partial charge is 0.341 e. The Morgan fingerprint density at radius 2 is 1.70 bits per heavy atom. The van der Waals surface area contributed by atoms with Crippen LogP contribution >= 0.6 is 11.8 Å². The molecule has 6 heteroatoms. The highest BCUT2D eigenvalue weighted by Crippen LogP contribution is 2.31. The predicted octanol–water partition coefficient (Wildman–Crippen LogP) is 5.73. The van der Waals surface area contributed by atoms with Gasteiger partial charge in [0, 0.05) is 45.4 Å². The van der Waals surface area contributed by atoms with Crippen molar-refractivity contribution in [2.45, 2.75) is 51.1 Å². The number of aryl methyl sites for hydroxylation is 3. The monoisotopic (exact) mass is 418 g/mol. The van der Waals surface area contributed by atoms with Gasteiger partial charge in [0.05, 0.1) is 5.25 Å². The average Bonchev–Trinajstić information content (AvgIpc) is 3.04. The fourth-order valence-corrected chi connectivity index (χ4v) is 4.87. The van der Waals surface area contributed by atoms with E-state index >= 15 is 0 Å². The van der Waals surface area contributed by atoms with E-state index in [-0.39, 0.29) is 11.2 Å². The van der Waals surface area contributed by atoms with Crippen molar-refractivity contribution in [2.24, 2.45) is 0 Å². The molecule has 0 saturated heterocycles. The molecule has 0 radical (unpaired) electrons. The van der Waals surface area contributed by atoms with E-state index in [1.54, 1.807) is 0 Å². The Labute approximate surface area is 180 Å². The minimum absolute atomic E-state index is 0.0242. The van der Waals surface area contributed by atoms with Crippen molar-refractivity contribution >= 4 is 45.2 Å². The van der Waals surface area contributed by atoms with Crippen LogP contribution in [0.3, 0.4) is 0 Å². The fraction of sp³-hybridized carbons (Fsp3) is 0.292. The van der Waals surface area contributed by atoms with Crippen LogP contribution in [-0.2, 0) is 11.3 Å². The molecular weight excluding hydrogens is 392 g/mol. The molecule has 0 fully saturated rings. The van der Waals surface area contributed by atoms with Gasteiger partial charge in [0.15, 0.2) is 5.16 Å². The van der Waals surface area contributed by atoms with Gasteiger partial charge in [0.1, 0.15) is 0 Å². The summed E-state index contributed by atoms with van der Waals surface area (Å²) >= 11 is 1.42. The number of rotatable bonds is 6. The third-order valence-corrected chi connectivity index (χ3v) is 6.45. The molecule has 1 amide bonds. The second-order valence-electron chi connectivity index (χ2n) is 7.43. The van der Waals surface area contributed by atoms with E-state index in [0.717, 1.165) is 29.0 Å². The number of nitrogens with one attached hydrogen (secondary N) is 1. The maximum absolute atomic E-state index is 13.0. The minimum atomic E-state index is -0.251.